The van der Waals surface area contributed by atoms with Crippen molar-refractivity contribution in [3.63, 3.8) is 0 Å². The Morgan fingerprint density at radius 2 is 1.86 bits per heavy atom. The maximum Gasteiger partial charge on any atom is 0.129 e. The number of aromatic nitrogens is 1. The number of unbranched alkanes of at least 4 members (excludes halogenated alkanes) is 1. The molecular weight excluding hydrogens is 258 g/mol. The summed E-state index contributed by atoms with van der Waals surface area (Å²) in [6, 6.07) is 4.48. The second-order valence-corrected chi connectivity index (χ2v) is 6.72. The predicted octanol–water partition coefficient (Wildman–Crippen LogP) is 4.16. The van der Waals surface area contributed by atoms with Crippen molar-refractivity contribution in [3.05, 3.63) is 23.4 Å². The molecule has 0 bridgehead atoms. The summed E-state index contributed by atoms with van der Waals surface area (Å²) in [7, 11) is 0. The second kappa shape index (κ2) is 8.38. The number of rotatable bonds is 8. The molecule has 1 N–H and O–H groups in total. The van der Waals surface area contributed by atoms with E-state index in [0.717, 1.165) is 31.9 Å². The molecule has 1 aromatic heterocycles. The van der Waals surface area contributed by atoms with Crippen molar-refractivity contribution in [1.82, 2.24) is 10.3 Å². The van der Waals surface area contributed by atoms with Gasteiger partial charge in [-0.05, 0) is 58.2 Å². The van der Waals surface area contributed by atoms with Crippen molar-refractivity contribution >= 4 is 5.82 Å². The Labute approximate surface area is 131 Å². The molecule has 0 amide bonds. The van der Waals surface area contributed by atoms with Crippen LogP contribution in [-0.2, 0) is 13.0 Å². The van der Waals surface area contributed by atoms with Gasteiger partial charge >= 0.3 is 0 Å². The summed E-state index contributed by atoms with van der Waals surface area (Å²) in [5.74, 6) is 1.14. The lowest BCUT2D eigenvalue weighted by molar-refractivity contribution is 0.424. The second-order valence-electron chi connectivity index (χ2n) is 6.72. The molecule has 0 aliphatic rings. The zero-order valence-corrected chi connectivity index (χ0v) is 14.8. The smallest absolute Gasteiger partial charge is 0.129 e. The first-order valence-electron chi connectivity index (χ1n) is 8.39. The number of anilines is 1. The van der Waals surface area contributed by atoms with Crippen LogP contribution < -0.4 is 10.2 Å². The summed E-state index contributed by atoms with van der Waals surface area (Å²) >= 11 is 0. The first-order chi connectivity index (χ1) is 9.89. The van der Waals surface area contributed by atoms with E-state index in [4.69, 9.17) is 4.98 Å². The third-order valence-corrected chi connectivity index (χ3v) is 3.60. The van der Waals surface area contributed by atoms with Crippen molar-refractivity contribution in [1.29, 1.82) is 0 Å². The molecule has 0 saturated heterocycles. The van der Waals surface area contributed by atoms with Gasteiger partial charge in [-0.15, -0.1) is 0 Å². The Hall–Kier alpha value is -1.09. The molecule has 0 aliphatic heterocycles. The number of aryl methyl sites for hydroxylation is 1. The highest BCUT2D eigenvalue weighted by molar-refractivity contribution is 5.42. The van der Waals surface area contributed by atoms with Gasteiger partial charge in [-0.2, -0.15) is 0 Å². The predicted molar refractivity (Wildman–Crippen MR) is 93.0 cm³/mol. The first-order valence-corrected chi connectivity index (χ1v) is 8.39. The molecule has 0 aliphatic carbocycles. The van der Waals surface area contributed by atoms with Crippen LogP contribution in [0.3, 0.4) is 0 Å². The summed E-state index contributed by atoms with van der Waals surface area (Å²) in [5, 5.41) is 3.57. The molecule has 1 rings (SSSR count). The number of hydrogen-bond acceptors (Lipinski definition) is 3. The average molecular weight is 291 g/mol. The molecule has 120 valence electrons. The third-order valence-electron chi connectivity index (χ3n) is 3.60. The van der Waals surface area contributed by atoms with E-state index >= 15 is 0 Å². The van der Waals surface area contributed by atoms with E-state index in [9.17, 15) is 0 Å². The lowest BCUT2D eigenvalue weighted by atomic mass is 10.1. The third kappa shape index (κ3) is 6.47. The van der Waals surface area contributed by atoms with Crippen LogP contribution in [0.25, 0.3) is 0 Å². The molecule has 0 aromatic carbocycles. The van der Waals surface area contributed by atoms with Crippen molar-refractivity contribution in [2.75, 3.05) is 18.0 Å². The Balaban J connectivity index is 2.92. The quantitative estimate of drug-likeness (QED) is 0.779. The Morgan fingerprint density at radius 1 is 1.14 bits per heavy atom. The molecule has 3 heteroatoms. The molecular formula is C18H33N3. The lowest BCUT2D eigenvalue weighted by Gasteiger charge is -2.24. The molecule has 3 nitrogen and oxygen atoms in total. The molecule has 21 heavy (non-hydrogen) atoms. The lowest BCUT2D eigenvalue weighted by Crippen LogP contribution is -2.35. The van der Waals surface area contributed by atoms with Gasteiger partial charge in [0, 0.05) is 30.9 Å². The van der Waals surface area contributed by atoms with Crippen molar-refractivity contribution in [2.45, 2.75) is 72.9 Å². The summed E-state index contributed by atoms with van der Waals surface area (Å²) in [5.41, 5.74) is 2.66. The van der Waals surface area contributed by atoms with Crippen LogP contribution in [0.15, 0.2) is 12.1 Å². The van der Waals surface area contributed by atoms with E-state index in [0.29, 0.717) is 0 Å². The van der Waals surface area contributed by atoms with Gasteiger partial charge in [-0.3, -0.25) is 0 Å². The highest BCUT2D eigenvalue weighted by atomic mass is 15.2. The number of nitrogens with one attached hydrogen (secondary N) is 1. The largest absolute Gasteiger partial charge is 0.357 e. The van der Waals surface area contributed by atoms with Crippen LogP contribution in [-0.4, -0.2) is 23.6 Å². The highest BCUT2D eigenvalue weighted by Gasteiger charge is 2.12. The van der Waals surface area contributed by atoms with Crippen LogP contribution in [0.2, 0.25) is 0 Å². The number of nitrogens with zero attached hydrogens (tertiary/aromatic N) is 2. The molecule has 0 atom stereocenters. The minimum atomic E-state index is 0.141. The van der Waals surface area contributed by atoms with Gasteiger partial charge in [0.1, 0.15) is 5.82 Å². The molecule has 0 saturated carbocycles. The number of hydrogen-bond donors (Lipinski definition) is 1. The Morgan fingerprint density at radius 3 is 2.38 bits per heavy atom. The van der Waals surface area contributed by atoms with Crippen LogP contribution >= 0.6 is 0 Å². The summed E-state index contributed by atoms with van der Waals surface area (Å²) in [6.07, 6.45) is 3.44. The molecule has 1 heterocycles. The molecule has 0 spiro atoms. The van der Waals surface area contributed by atoms with Gasteiger partial charge in [-0.25, -0.2) is 4.98 Å². The van der Waals surface area contributed by atoms with Gasteiger partial charge in [0.2, 0.25) is 0 Å². The standard InChI is InChI=1S/C18H33N3/c1-7-10-11-21(9-3)17-13-15(12-16(8-2)20-17)14-19-18(4,5)6/h12-13,19H,7-11,14H2,1-6H3. The minimum Gasteiger partial charge on any atom is -0.357 e. The van der Waals surface area contributed by atoms with Crippen molar-refractivity contribution in [3.8, 4) is 0 Å². The highest BCUT2D eigenvalue weighted by Crippen LogP contribution is 2.17. The summed E-state index contributed by atoms with van der Waals surface area (Å²) < 4.78 is 0. The maximum absolute atomic E-state index is 4.82. The van der Waals surface area contributed by atoms with E-state index in [-0.39, 0.29) is 5.54 Å². The average Bonchev–Trinajstić information content (AvgIpc) is 2.45. The Bertz CT molecular complexity index is 421. The summed E-state index contributed by atoms with van der Waals surface area (Å²) in [6.45, 7) is 16.3. The zero-order valence-electron chi connectivity index (χ0n) is 14.8. The van der Waals surface area contributed by atoms with E-state index in [1.165, 1.54) is 24.1 Å². The molecule has 0 radical (unpaired) electrons. The van der Waals surface area contributed by atoms with E-state index in [1.54, 1.807) is 0 Å². The van der Waals surface area contributed by atoms with E-state index in [1.807, 2.05) is 0 Å². The van der Waals surface area contributed by atoms with Gasteiger partial charge in [0.05, 0.1) is 0 Å². The van der Waals surface area contributed by atoms with Crippen LogP contribution in [0, 0.1) is 0 Å². The van der Waals surface area contributed by atoms with Gasteiger partial charge in [-0.1, -0.05) is 20.3 Å². The van der Waals surface area contributed by atoms with Crippen molar-refractivity contribution in [2.24, 2.45) is 0 Å². The fourth-order valence-corrected chi connectivity index (χ4v) is 2.23. The number of pyridine rings is 1. The topological polar surface area (TPSA) is 28.2 Å². The van der Waals surface area contributed by atoms with Gasteiger partial charge in [0.15, 0.2) is 0 Å². The fraction of sp³-hybridized carbons (Fsp3) is 0.722. The zero-order chi connectivity index (χ0) is 15.9. The SMILES string of the molecule is CCCCN(CC)c1cc(CNC(C)(C)C)cc(CC)n1. The normalized spacial score (nSPS) is 11.7. The monoisotopic (exact) mass is 291 g/mol. The minimum absolute atomic E-state index is 0.141. The van der Waals surface area contributed by atoms with Crippen molar-refractivity contribution < 1.29 is 0 Å². The van der Waals surface area contributed by atoms with Gasteiger partial charge in [0.25, 0.3) is 0 Å². The van der Waals surface area contributed by atoms with Crippen LogP contribution in [0.5, 0.6) is 0 Å². The maximum atomic E-state index is 4.82. The molecule has 0 fully saturated rings. The van der Waals surface area contributed by atoms with E-state index < -0.39 is 0 Å². The molecule has 1 aromatic rings. The Kier molecular flexibility index (Phi) is 7.16. The van der Waals surface area contributed by atoms with E-state index in [2.05, 4.69) is 63.9 Å². The molecule has 0 unspecified atom stereocenters. The fourth-order valence-electron chi connectivity index (χ4n) is 2.23. The summed E-state index contributed by atoms with van der Waals surface area (Å²) in [4.78, 5) is 7.21. The van der Waals surface area contributed by atoms with Crippen LogP contribution in [0.1, 0.15) is 65.6 Å². The first kappa shape index (κ1) is 18.0. The van der Waals surface area contributed by atoms with Gasteiger partial charge < -0.3 is 10.2 Å². The van der Waals surface area contributed by atoms with Crippen LogP contribution in [0.4, 0.5) is 5.82 Å².